The van der Waals surface area contributed by atoms with E-state index in [1.165, 1.54) is 13.8 Å². The van der Waals surface area contributed by atoms with E-state index in [1.54, 1.807) is 0 Å². The Hall–Kier alpha value is -0.0106. The Kier molecular flexibility index (Phi) is 6.98. The fourth-order valence-electron chi connectivity index (χ4n) is 0.351. The molecule has 2 nitrogen and oxygen atoms in total. The van der Waals surface area contributed by atoms with Gasteiger partial charge < -0.3 is 0 Å². The number of rotatable bonds is 2. The topological polar surface area (TPSA) is 34.1 Å². The van der Waals surface area contributed by atoms with E-state index in [0.29, 0.717) is 0 Å². The van der Waals surface area contributed by atoms with Crippen molar-refractivity contribution in [3.63, 3.8) is 0 Å². The predicted molar refractivity (Wildman–Crippen MR) is 26.0 cm³/mol. The molecule has 0 amide bonds. The summed E-state index contributed by atoms with van der Waals surface area (Å²) in [4.78, 5) is 20.1. The van der Waals surface area contributed by atoms with Crippen LogP contribution in [0.5, 0.6) is 0 Å². The first kappa shape index (κ1) is 10.9. The number of carbonyl (C=O) groups excluding carboxylic acids is 2. The van der Waals surface area contributed by atoms with Crippen LogP contribution in [0.15, 0.2) is 0 Å². The van der Waals surface area contributed by atoms with Crippen LogP contribution in [0.2, 0.25) is 0 Å². The van der Waals surface area contributed by atoms with E-state index < -0.39 is 0 Å². The summed E-state index contributed by atoms with van der Waals surface area (Å²) in [6, 6.07) is 0. The summed E-state index contributed by atoms with van der Waals surface area (Å²) in [5, 5.41) is 0. The number of hydrogen-bond acceptors (Lipinski definition) is 2. The molecule has 1 radical (unpaired) electrons. The average Bonchev–Trinajstić information content (AvgIpc) is 1.27. The van der Waals surface area contributed by atoms with Gasteiger partial charge >= 0.3 is 0 Å². The van der Waals surface area contributed by atoms with Crippen molar-refractivity contribution < 1.29 is 29.7 Å². The maximum absolute atomic E-state index is 10.0. The fraction of sp³-hybridized carbons (Fsp3) is 0.600. The molecule has 0 aromatic rings. The smallest absolute Gasteiger partial charge is 0.137 e. The predicted octanol–water partition coefficient (Wildman–Crippen LogP) is 0.552. The molecule has 0 N–H and O–H groups in total. The van der Waals surface area contributed by atoms with E-state index >= 15 is 0 Å². The molecule has 0 bridgehead atoms. The second-order valence-corrected chi connectivity index (χ2v) is 1.58. The molecular formula is C5H8IrO2. The van der Waals surface area contributed by atoms with Crippen LogP contribution in [0.25, 0.3) is 0 Å². The summed E-state index contributed by atoms with van der Waals surface area (Å²) in [5.74, 6) is -0.125. The summed E-state index contributed by atoms with van der Waals surface area (Å²) in [7, 11) is 0. The van der Waals surface area contributed by atoms with Crippen molar-refractivity contribution in [2.75, 3.05) is 0 Å². The fourth-order valence-corrected chi connectivity index (χ4v) is 0.351. The molecule has 0 aromatic carbocycles. The summed E-state index contributed by atoms with van der Waals surface area (Å²) in [5.41, 5.74) is 0. The number of ketones is 2. The van der Waals surface area contributed by atoms with Crippen LogP contribution in [-0.2, 0) is 29.7 Å². The first-order valence-electron chi connectivity index (χ1n) is 2.12. The molecule has 49 valence electrons. The van der Waals surface area contributed by atoms with Crippen molar-refractivity contribution in [2.24, 2.45) is 0 Å². The minimum absolute atomic E-state index is 0. The molecule has 0 saturated carbocycles. The molecule has 0 saturated heterocycles. The third kappa shape index (κ3) is 9.37. The normalized spacial score (nSPS) is 7.25. The van der Waals surface area contributed by atoms with Crippen molar-refractivity contribution in [3.8, 4) is 0 Å². The molecule has 0 aromatic heterocycles. The molecule has 0 aliphatic heterocycles. The monoisotopic (exact) mass is 293 g/mol. The third-order valence-electron chi connectivity index (χ3n) is 0.498. The molecular weight excluding hydrogens is 284 g/mol. The van der Waals surface area contributed by atoms with Crippen molar-refractivity contribution in [1.29, 1.82) is 0 Å². The van der Waals surface area contributed by atoms with Crippen molar-refractivity contribution in [1.82, 2.24) is 0 Å². The van der Waals surface area contributed by atoms with Crippen molar-refractivity contribution in [3.05, 3.63) is 0 Å². The van der Waals surface area contributed by atoms with Gasteiger partial charge in [0, 0.05) is 20.1 Å². The van der Waals surface area contributed by atoms with Crippen LogP contribution < -0.4 is 0 Å². The SMILES string of the molecule is CC(=O)CC(C)=O.[Ir]. The van der Waals surface area contributed by atoms with Crippen LogP contribution in [0.1, 0.15) is 20.3 Å². The van der Waals surface area contributed by atoms with Gasteiger partial charge in [-0.05, 0) is 13.8 Å². The summed E-state index contributed by atoms with van der Waals surface area (Å²) < 4.78 is 0. The maximum Gasteiger partial charge on any atom is 0.137 e. The Morgan fingerprint density at radius 1 is 1.12 bits per heavy atom. The minimum Gasteiger partial charge on any atom is -0.300 e. The molecule has 0 atom stereocenters. The Morgan fingerprint density at radius 3 is 1.38 bits per heavy atom. The van der Waals surface area contributed by atoms with Crippen LogP contribution in [0, 0.1) is 0 Å². The van der Waals surface area contributed by atoms with Gasteiger partial charge in [-0.1, -0.05) is 0 Å². The minimum atomic E-state index is -0.0625. The van der Waals surface area contributed by atoms with Gasteiger partial charge in [0.2, 0.25) is 0 Å². The molecule has 0 rings (SSSR count). The van der Waals surface area contributed by atoms with Crippen molar-refractivity contribution >= 4 is 11.6 Å². The number of Topliss-reactive ketones (excluding diaryl/α,β-unsaturated/α-hetero) is 2. The first-order valence-corrected chi connectivity index (χ1v) is 2.12. The Bertz CT molecular complexity index is 86.6. The molecule has 0 heterocycles. The second-order valence-electron chi connectivity index (χ2n) is 1.58. The van der Waals surface area contributed by atoms with Gasteiger partial charge in [-0.25, -0.2) is 0 Å². The summed E-state index contributed by atoms with van der Waals surface area (Å²) in [6.07, 6.45) is 0.0833. The van der Waals surface area contributed by atoms with Gasteiger partial charge in [-0.15, -0.1) is 0 Å². The van der Waals surface area contributed by atoms with Crippen LogP contribution >= 0.6 is 0 Å². The molecule has 8 heavy (non-hydrogen) atoms. The van der Waals surface area contributed by atoms with E-state index in [1.807, 2.05) is 0 Å². The van der Waals surface area contributed by atoms with E-state index in [-0.39, 0.29) is 38.1 Å². The standard InChI is InChI=1S/C5H8O2.Ir/c1-4(6)3-5(2)7;/h3H2,1-2H3;. The first-order chi connectivity index (χ1) is 3.13. The van der Waals surface area contributed by atoms with E-state index in [0.717, 1.165) is 0 Å². The van der Waals surface area contributed by atoms with Gasteiger partial charge in [0.25, 0.3) is 0 Å². The Balaban J connectivity index is 0. The number of hydrogen-bond donors (Lipinski definition) is 0. The zero-order chi connectivity index (χ0) is 5.86. The van der Waals surface area contributed by atoms with Crippen LogP contribution in [0.4, 0.5) is 0 Å². The van der Waals surface area contributed by atoms with Gasteiger partial charge in [-0.3, -0.25) is 9.59 Å². The Labute approximate surface area is 62.0 Å². The van der Waals surface area contributed by atoms with Crippen LogP contribution in [0.3, 0.4) is 0 Å². The summed E-state index contributed by atoms with van der Waals surface area (Å²) in [6.45, 7) is 2.81. The third-order valence-corrected chi connectivity index (χ3v) is 0.498. The Morgan fingerprint density at radius 2 is 1.38 bits per heavy atom. The van der Waals surface area contributed by atoms with Gasteiger partial charge in [0.15, 0.2) is 0 Å². The zero-order valence-corrected chi connectivity index (χ0v) is 7.25. The molecule has 0 spiro atoms. The molecule has 0 aliphatic rings. The van der Waals surface area contributed by atoms with Gasteiger partial charge in [0.05, 0.1) is 6.42 Å². The molecule has 3 heteroatoms. The van der Waals surface area contributed by atoms with E-state index in [9.17, 15) is 9.59 Å². The molecule has 0 unspecified atom stereocenters. The zero-order valence-electron chi connectivity index (χ0n) is 4.86. The quantitative estimate of drug-likeness (QED) is 0.697. The average molecular weight is 292 g/mol. The van der Waals surface area contributed by atoms with E-state index in [2.05, 4.69) is 0 Å². The van der Waals surface area contributed by atoms with Crippen molar-refractivity contribution in [2.45, 2.75) is 20.3 Å². The molecule has 0 fully saturated rings. The second kappa shape index (κ2) is 5.13. The maximum atomic E-state index is 10.0. The van der Waals surface area contributed by atoms with Gasteiger partial charge in [-0.2, -0.15) is 0 Å². The van der Waals surface area contributed by atoms with Crippen LogP contribution in [-0.4, -0.2) is 11.6 Å². The van der Waals surface area contributed by atoms with Gasteiger partial charge in [0.1, 0.15) is 11.6 Å². The summed E-state index contributed by atoms with van der Waals surface area (Å²) >= 11 is 0. The van der Waals surface area contributed by atoms with E-state index in [4.69, 9.17) is 0 Å². The number of carbonyl (C=O) groups is 2. The molecule has 0 aliphatic carbocycles. The largest absolute Gasteiger partial charge is 0.300 e.